The first-order chi connectivity index (χ1) is 6.65. The lowest BCUT2D eigenvalue weighted by Gasteiger charge is -2.25. The molecule has 1 unspecified atom stereocenters. The van der Waals surface area contributed by atoms with E-state index in [-0.39, 0.29) is 11.4 Å². The summed E-state index contributed by atoms with van der Waals surface area (Å²) in [5.74, 6) is 0.772. The third-order valence-corrected chi connectivity index (χ3v) is 3.16. The molecule has 2 aliphatic rings. The van der Waals surface area contributed by atoms with Gasteiger partial charge in [-0.05, 0) is 25.7 Å². The molecule has 78 valence electrons. The van der Waals surface area contributed by atoms with Gasteiger partial charge < -0.3 is 4.79 Å². The molecule has 0 spiro atoms. The smallest absolute Gasteiger partial charge is 0.238 e. The van der Waals surface area contributed by atoms with Crippen LogP contribution in [0.15, 0.2) is 0 Å². The minimum atomic E-state index is -0.0417. The Morgan fingerprint density at radius 1 is 1.64 bits per heavy atom. The van der Waals surface area contributed by atoms with Crippen LogP contribution >= 0.6 is 0 Å². The molecule has 1 aliphatic carbocycles. The molecule has 1 N–H and O–H groups in total. The molecule has 0 aromatic heterocycles. The minimum Gasteiger partial charge on any atom is -0.303 e. The molecule has 1 saturated heterocycles. The van der Waals surface area contributed by atoms with Crippen molar-refractivity contribution in [2.75, 3.05) is 6.54 Å². The Hall–Kier alpha value is -0.900. The van der Waals surface area contributed by atoms with Crippen molar-refractivity contribution in [1.29, 1.82) is 0 Å². The van der Waals surface area contributed by atoms with Gasteiger partial charge in [-0.25, -0.2) is 5.43 Å². The van der Waals surface area contributed by atoms with Crippen LogP contribution in [0.1, 0.15) is 32.6 Å². The highest BCUT2D eigenvalue weighted by Gasteiger charge is 2.48. The Kier molecular flexibility index (Phi) is 2.31. The molecule has 4 nitrogen and oxygen atoms in total. The van der Waals surface area contributed by atoms with Crippen molar-refractivity contribution in [2.24, 2.45) is 5.92 Å². The minimum absolute atomic E-state index is 0.0417. The summed E-state index contributed by atoms with van der Waals surface area (Å²) in [7, 11) is 0. The van der Waals surface area contributed by atoms with Crippen LogP contribution in [0.4, 0.5) is 0 Å². The fraction of sp³-hybridized carbons (Fsp3) is 0.800. The summed E-state index contributed by atoms with van der Waals surface area (Å²) in [6.45, 7) is 2.61. The predicted octanol–water partition coefficient (Wildman–Crippen LogP) is 0.481. The molecule has 4 heteroatoms. The fourth-order valence-corrected chi connectivity index (χ4v) is 2.14. The van der Waals surface area contributed by atoms with Gasteiger partial charge in [0.2, 0.25) is 5.91 Å². The molecule has 1 atom stereocenters. The number of aldehydes is 1. The van der Waals surface area contributed by atoms with Gasteiger partial charge in [-0.3, -0.25) is 9.80 Å². The van der Waals surface area contributed by atoms with Gasteiger partial charge in [0.1, 0.15) is 6.29 Å². The maximum atomic E-state index is 11.6. The van der Waals surface area contributed by atoms with Crippen LogP contribution in [-0.4, -0.2) is 29.3 Å². The Morgan fingerprint density at radius 2 is 2.36 bits per heavy atom. The molecule has 14 heavy (non-hydrogen) atoms. The van der Waals surface area contributed by atoms with Crippen molar-refractivity contribution in [1.82, 2.24) is 10.4 Å². The van der Waals surface area contributed by atoms with E-state index in [2.05, 4.69) is 12.3 Å². The van der Waals surface area contributed by atoms with Crippen LogP contribution in [0.3, 0.4) is 0 Å². The number of nitrogens with zero attached hydrogens (tertiary/aromatic N) is 1. The summed E-state index contributed by atoms with van der Waals surface area (Å²) >= 11 is 0. The van der Waals surface area contributed by atoms with E-state index in [4.69, 9.17) is 0 Å². The molecule has 0 bridgehead atoms. The van der Waals surface area contributed by atoms with Gasteiger partial charge in [0, 0.05) is 24.9 Å². The van der Waals surface area contributed by atoms with Crippen molar-refractivity contribution in [3.63, 3.8) is 0 Å². The number of nitrogens with one attached hydrogen (secondary N) is 1. The average Bonchev–Trinajstić information content (AvgIpc) is 2.92. The van der Waals surface area contributed by atoms with Gasteiger partial charge >= 0.3 is 0 Å². The highest BCUT2D eigenvalue weighted by molar-refractivity contribution is 5.79. The first kappa shape index (κ1) is 9.65. The Labute approximate surface area is 83.6 Å². The molecule has 1 saturated carbocycles. The van der Waals surface area contributed by atoms with E-state index >= 15 is 0 Å². The van der Waals surface area contributed by atoms with Gasteiger partial charge in [0.15, 0.2) is 0 Å². The number of amides is 1. The summed E-state index contributed by atoms with van der Waals surface area (Å²) in [6.07, 6.45) is 4.29. The highest BCUT2D eigenvalue weighted by atomic mass is 16.2. The molecule has 1 heterocycles. The molecular weight excluding hydrogens is 180 g/mol. The van der Waals surface area contributed by atoms with Crippen LogP contribution < -0.4 is 5.43 Å². The molecule has 2 rings (SSSR count). The van der Waals surface area contributed by atoms with E-state index in [1.807, 2.05) is 0 Å². The molecule has 0 aromatic carbocycles. The molecule has 1 amide bonds. The van der Waals surface area contributed by atoms with Crippen molar-refractivity contribution < 1.29 is 9.59 Å². The van der Waals surface area contributed by atoms with Gasteiger partial charge in [0.05, 0.1) is 0 Å². The van der Waals surface area contributed by atoms with E-state index < -0.39 is 0 Å². The average molecular weight is 196 g/mol. The van der Waals surface area contributed by atoms with Crippen molar-refractivity contribution in [3.8, 4) is 0 Å². The Morgan fingerprint density at radius 3 is 2.93 bits per heavy atom. The lowest BCUT2D eigenvalue weighted by atomic mass is 9.94. The van der Waals surface area contributed by atoms with Crippen LogP contribution in [-0.2, 0) is 9.59 Å². The summed E-state index contributed by atoms with van der Waals surface area (Å²) in [5, 5.41) is 1.60. The summed E-state index contributed by atoms with van der Waals surface area (Å²) in [4.78, 5) is 21.8. The maximum absolute atomic E-state index is 11.6. The molecule has 0 aromatic rings. The Bertz CT molecular complexity index is 263. The standard InChI is InChI=1S/C10H16N2O2/c1-10(8-3-4-8)7-9(14)12(11-10)5-2-6-13/h6,8,11H,2-5,7H2,1H3. The van der Waals surface area contributed by atoms with Crippen molar-refractivity contribution in [3.05, 3.63) is 0 Å². The van der Waals surface area contributed by atoms with Gasteiger partial charge in [0.25, 0.3) is 0 Å². The van der Waals surface area contributed by atoms with Gasteiger partial charge in [-0.2, -0.15) is 0 Å². The number of hydrogen-bond acceptors (Lipinski definition) is 3. The largest absolute Gasteiger partial charge is 0.303 e. The Balaban J connectivity index is 1.95. The van der Waals surface area contributed by atoms with E-state index in [0.717, 1.165) is 6.29 Å². The first-order valence-electron chi connectivity index (χ1n) is 5.17. The number of rotatable bonds is 4. The lowest BCUT2D eigenvalue weighted by molar-refractivity contribution is -0.129. The van der Waals surface area contributed by atoms with Crippen LogP contribution in [0.2, 0.25) is 0 Å². The van der Waals surface area contributed by atoms with Gasteiger partial charge in [-0.1, -0.05) is 0 Å². The fourth-order valence-electron chi connectivity index (χ4n) is 2.14. The zero-order valence-electron chi connectivity index (χ0n) is 8.45. The molecular formula is C10H16N2O2. The number of hydrogen-bond donors (Lipinski definition) is 1. The summed E-state index contributed by atoms with van der Waals surface area (Å²) in [6, 6.07) is 0. The van der Waals surface area contributed by atoms with Crippen LogP contribution in [0.5, 0.6) is 0 Å². The van der Waals surface area contributed by atoms with Crippen LogP contribution in [0, 0.1) is 5.92 Å². The quantitative estimate of drug-likeness (QED) is 0.665. The highest BCUT2D eigenvalue weighted by Crippen LogP contribution is 2.43. The predicted molar refractivity (Wildman–Crippen MR) is 51.3 cm³/mol. The number of carbonyl (C=O) groups is 2. The summed E-state index contributed by atoms with van der Waals surface area (Å²) < 4.78 is 0. The summed E-state index contributed by atoms with van der Waals surface area (Å²) in [5.41, 5.74) is 3.20. The number of hydrazine groups is 1. The monoisotopic (exact) mass is 196 g/mol. The topological polar surface area (TPSA) is 49.4 Å². The van der Waals surface area contributed by atoms with E-state index in [1.54, 1.807) is 5.01 Å². The van der Waals surface area contributed by atoms with E-state index in [9.17, 15) is 9.59 Å². The zero-order chi connectivity index (χ0) is 10.2. The van der Waals surface area contributed by atoms with E-state index in [0.29, 0.717) is 25.3 Å². The lowest BCUT2D eigenvalue weighted by Crippen LogP contribution is -2.46. The van der Waals surface area contributed by atoms with Crippen molar-refractivity contribution >= 4 is 12.2 Å². The normalized spacial score (nSPS) is 32.4. The molecule has 1 aliphatic heterocycles. The third-order valence-electron chi connectivity index (χ3n) is 3.16. The SMILES string of the molecule is CC1(C2CC2)CC(=O)N(CCC=O)N1. The molecule has 2 fully saturated rings. The van der Waals surface area contributed by atoms with Crippen LogP contribution in [0.25, 0.3) is 0 Å². The zero-order valence-corrected chi connectivity index (χ0v) is 8.45. The van der Waals surface area contributed by atoms with Crippen molar-refractivity contribution in [2.45, 2.75) is 38.1 Å². The second kappa shape index (κ2) is 3.35. The second-order valence-electron chi connectivity index (χ2n) is 4.48. The first-order valence-corrected chi connectivity index (χ1v) is 5.17. The van der Waals surface area contributed by atoms with E-state index in [1.165, 1.54) is 12.8 Å². The maximum Gasteiger partial charge on any atom is 0.238 e. The number of carbonyl (C=O) groups excluding carboxylic acids is 2. The third kappa shape index (κ3) is 1.66. The molecule has 0 radical (unpaired) electrons. The van der Waals surface area contributed by atoms with Gasteiger partial charge in [-0.15, -0.1) is 0 Å². The second-order valence-corrected chi connectivity index (χ2v) is 4.48.